The van der Waals surface area contributed by atoms with Gasteiger partial charge in [0, 0.05) is 5.56 Å². The summed E-state index contributed by atoms with van der Waals surface area (Å²) in [6, 6.07) is 26.9. The van der Waals surface area contributed by atoms with Crippen LogP contribution >= 0.6 is 11.8 Å². The molecule has 5 rings (SSSR count). The smallest absolute Gasteiger partial charge is 0.271 e. The number of carbonyl (C=O) groups excluding carboxylic acids is 1. The number of hydrogen-bond acceptors (Lipinski definition) is 6. The first kappa shape index (κ1) is 23.8. The first-order valence-electron chi connectivity index (χ1n) is 10.9. The number of amidine groups is 1. The molecule has 0 aliphatic carbocycles. The van der Waals surface area contributed by atoms with Crippen LogP contribution in [0, 0.1) is 0 Å². The second kappa shape index (κ2) is 9.62. The third-order valence-electron chi connectivity index (χ3n) is 5.64. The van der Waals surface area contributed by atoms with Crippen LogP contribution in [0.15, 0.2) is 106 Å². The average molecular weight is 516 g/mol. The van der Waals surface area contributed by atoms with Crippen LogP contribution in [0.2, 0.25) is 0 Å². The van der Waals surface area contributed by atoms with E-state index in [4.69, 9.17) is 9.88 Å². The minimum atomic E-state index is -3.82. The van der Waals surface area contributed by atoms with Crippen molar-refractivity contribution < 1.29 is 17.9 Å². The predicted molar refractivity (Wildman–Crippen MR) is 145 cm³/mol. The van der Waals surface area contributed by atoms with Gasteiger partial charge >= 0.3 is 0 Å². The molecular weight excluding hydrogens is 494 g/mol. The highest BCUT2D eigenvalue weighted by Crippen LogP contribution is 2.39. The number of para-hydroxylation sites is 1. The molecule has 0 aromatic heterocycles. The number of anilines is 1. The third kappa shape index (κ3) is 4.64. The molecule has 0 bridgehead atoms. The van der Waals surface area contributed by atoms with Crippen molar-refractivity contribution in [3.63, 3.8) is 0 Å². The molecule has 1 amide bonds. The number of ether oxygens (including phenoxy) is 1. The summed E-state index contributed by atoms with van der Waals surface area (Å²) in [5, 5.41) is 7.64. The van der Waals surface area contributed by atoms with Crippen LogP contribution in [-0.2, 0) is 14.8 Å². The molecule has 4 aromatic rings. The Morgan fingerprint density at radius 3 is 2.31 bits per heavy atom. The van der Waals surface area contributed by atoms with E-state index in [1.54, 1.807) is 24.1 Å². The largest absolute Gasteiger partial charge is 0.496 e. The van der Waals surface area contributed by atoms with Crippen LogP contribution in [0.25, 0.3) is 16.8 Å². The Morgan fingerprint density at radius 2 is 1.61 bits per heavy atom. The summed E-state index contributed by atoms with van der Waals surface area (Å²) in [4.78, 5) is 20.3. The highest BCUT2D eigenvalue weighted by molar-refractivity contribution is 8.19. The minimum Gasteiger partial charge on any atom is -0.496 e. The SMILES string of the molecule is COc1ccc2ccccc2c1C=C1S/C(=N\c2ccc(S(N)(=O)=O)cc2)N(c2ccccc2)C1=O. The molecule has 0 spiro atoms. The van der Waals surface area contributed by atoms with Gasteiger partial charge in [0.2, 0.25) is 10.0 Å². The summed E-state index contributed by atoms with van der Waals surface area (Å²) < 4.78 is 28.8. The zero-order valence-electron chi connectivity index (χ0n) is 19.2. The van der Waals surface area contributed by atoms with Crippen LogP contribution < -0.4 is 14.8 Å². The lowest BCUT2D eigenvalue weighted by Gasteiger charge is -2.15. The van der Waals surface area contributed by atoms with Crippen molar-refractivity contribution in [1.29, 1.82) is 0 Å². The summed E-state index contributed by atoms with van der Waals surface area (Å²) in [7, 11) is -2.22. The zero-order valence-corrected chi connectivity index (χ0v) is 20.8. The van der Waals surface area contributed by atoms with E-state index in [2.05, 4.69) is 4.99 Å². The Balaban J connectivity index is 1.62. The lowest BCUT2D eigenvalue weighted by molar-refractivity contribution is -0.113. The van der Waals surface area contributed by atoms with Crippen molar-refractivity contribution >= 4 is 61.1 Å². The van der Waals surface area contributed by atoms with Gasteiger partial charge in [-0.15, -0.1) is 0 Å². The van der Waals surface area contributed by atoms with E-state index in [1.807, 2.05) is 72.8 Å². The first-order chi connectivity index (χ1) is 17.3. The van der Waals surface area contributed by atoms with Gasteiger partial charge in [-0.2, -0.15) is 0 Å². The number of sulfonamides is 1. The predicted octanol–water partition coefficient (Wildman–Crippen LogP) is 5.30. The maximum Gasteiger partial charge on any atom is 0.271 e. The van der Waals surface area contributed by atoms with Crippen LogP contribution in [0.1, 0.15) is 5.56 Å². The number of nitrogens with two attached hydrogens (primary N) is 1. The molecule has 0 radical (unpaired) electrons. The summed E-state index contributed by atoms with van der Waals surface area (Å²) >= 11 is 1.24. The number of hydrogen-bond donors (Lipinski definition) is 1. The number of methoxy groups -OCH3 is 1. The number of carbonyl (C=O) groups is 1. The van der Waals surface area contributed by atoms with E-state index in [1.165, 1.54) is 23.9 Å². The number of aliphatic imine (C=N–C) groups is 1. The zero-order chi connectivity index (χ0) is 25.3. The molecular formula is C27H21N3O4S2. The average Bonchev–Trinajstić information content (AvgIpc) is 3.18. The fourth-order valence-electron chi connectivity index (χ4n) is 3.91. The van der Waals surface area contributed by atoms with Gasteiger partial charge in [-0.25, -0.2) is 18.5 Å². The first-order valence-corrected chi connectivity index (χ1v) is 13.3. The molecule has 9 heteroatoms. The molecule has 180 valence electrons. The molecule has 7 nitrogen and oxygen atoms in total. The van der Waals surface area contributed by atoms with Crippen molar-refractivity contribution in [2.45, 2.75) is 4.90 Å². The van der Waals surface area contributed by atoms with Crippen molar-refractivity contribution in [2.24, 2.45) is 10.1 Å². The van der Waals surface area contributed by atoms with E-state index in [0.717, 1.165) is 16.3 Å². The van der Waals surface area contributed by atoms with Gasteiger partial charge in [-0.05, 0) is 71.1 Å². The molecule has 1 saturated heterocycles. The van der Waals surface area contributed by atoms with E-state index in [9.17, 15) is 13.2 Å². The molecule has 1 fully saturated rings. The number of primary sulfonamides is 1. The maximum absolute atomic E-state index is 13.7. The third-order valence-corrected chi connectivity index (χ3v) is 7.53. The molecule has 1 heterocycles. The Morgan fingerprint density at radius 1 is 0.917 bits per heavy atom. The number of benzene rings is 4. The Bertz CT molecular complexity index is 1630. The lowest BCUT2D eigenvalue weighted by atomic mass is 10.0. The van der Waals surface area contributed by atoms with E-state index >= 15 is 0 Å². The number of amides is 1. The van der Waals surface area contributed by atoms with Gasteiger partial charge in [0.05, 0.1) is 28.3 Å². The monoisotopic (exact) mass is 515 g/mol. The van der Waals surface area contributed by atoms with E-state index < -0.39 is 10.0 Å². The second-order valence-electron chi connectivity index (χ2n) is 7.92. The Kier molecular flexibility index (Phi) is 6.36. The van der Waals surface area contributed by atoms with Crippen molar-refractivity contribution in [3.05, 3.63) is 101 Å². The topological polar surface area (TPSA) is 102 Å². The number of thioether (sulfide) groups is 1. The van der Waals surface area contributed by atoms with Gasteiger partial charge in [-0.1, -0.05) is 48.5 Å². The molecule has 36 heavy (non-hydrogen) atoms. The molecule has 1 aliphatic heterocycles. The van der Waals surface area contributed by atoms with Gasteiger partial charge < -0.3 is 4.74 Å². The summed E-state index contributed by atoms with van der Waals surface area (Å²) in [6.07, 6.45) is 1.83. The highest BCUT2D eigenvalue weighted by atomic mass is 32.2. The molecule has 1 aliphatic rings. The normalized spacial score (nSPS) is 16.3. The molecule has 0 unspecified atom stereocenters. The standard InChI is InChI=1S/C27H21N3O4S2/c1-34-24-16-11-18-7-5-6-10-22(18)23(24)17-25-26(31)30(20-8-3-2-4-9-20)27(35-25)29-19-12-14-21(15-13-19)36(28,32)33/h2-17H,1H3,(H2,28,32,33)/b25-17?,29-27-. The quantitative estimate of drug-likeness (QED) is 0.363. The fraction of sp³-hybridized carbons (Fsp3) is 0.0370. The van der Waals surface area contributed by atoms with Gasteiger partial charge in [0.25, 0.3) is 5.91 Å². The van der Waals surface area contributed by atoms with Crippen LogP contribution in [0.3, 0.4) is 0 Å². The number of fused-ring (bicyclic) bond motifs is 1. The van der Waals surface area contributed by atoms with Gasteiger partial charge in [-0.3, -0.25) is 9.69 Å². The van der Waals surface area contributed by atoms with Crippen LogP contribution in [0.4, 0.5) is 11.4 Å². The van der Waals surface area contributed by atoms with E-state index in [-0.39, 0.29) is 10.8 Å². The fourth-order valence-corrected chi connectivity index (χ4v) is 5.41. The molecule has 0 atom stereocenters. The Labute approximate surface area is 213 Å². The Hall–Kier alpha value is -3.92. The van der Waals surface area contributed by atoms with Crippen molar-refractivity contribution in [3.8, 4) is 5.75 Å². The lowest BCUT2D eigenvalue weighted by Crippen LogP contribution is -2.28. The minimum absolute atomic E-state index is 0.00912. The number of rotatable bonds is 5. The van der Waals surface area contributed by atoms with E-state index in [0.29, 0.717) is 27.2 Å². The molecule has 2 N–H and O–H groups in total. The molecule has 4 aromatic carbocycles. The number of nitrogens with zero attached hydrogens (tertiary/aromatic N) is 2. The van der Waals surface area contributed by atoms with Gasteiger partial charge in [0.15, 0.2) is 5.17 Å². The van der Waals surface area contributed by atoms with Crippen molar-refractivity contribution in [2.75, 3.05) is 12.0 Å². The molecule has 0 saturated carbocycles. The summed E-state index contributed by atoms with van der Waals surface area (Å²) in [5.74, 6) is 0.436. The van der Waals surface area contributed by atoms with Crippen LogP contribution in [-0.4, -0.2) is 26.6 Å². The maximum atomic E-state index is 13.7. The summed E-state index contributed by atoms with van der Waals surface area (Å²) in [5.41, 5.74) is 1.96. The van der Waals surface area contributed by atoms with Crippen molar-refractivity contribution in [1.82, 2.24) is 0 Å². The van der Waals surface area contributed by atoms with Gasteiger partial charge in [0.1, 0.15) is 5.75 Å². The highest BCUT2D eigenvalue weighted by Gasteiger charge is 2.35. The second-order valence-corrected chi connectivity index (χ2v) is 10.5. The summed E-state index contributed by atoms with van der Waals surface area (Å²) in [6.45, 7) is 0. The van der Waals surface area contributed by atoms with Crippen LogP contribution in [0.5, 0.6) is 5.75 Å².